The molecular formula is C26H23BrO. The van der Waals surface area contributed by atoms with Gasteiger partial charge in [-0.3, -0.25) is 0 Å². The molecule has 0 radical (unpaired) electrons. The van der Waals surface area contributed by atoms with Gasteiger partial charge in [0, 0.05) is 8.02 Å². The Kier molecular flexibility index (Phi) is 5.78. The highest BCUT2D eigenvalue weighted by Crippen LogP contribution is 2.21. The molecule has 0 bridgehead atoms. The molecule has 0 heterocycles. The zero-order chi connectivity index (χ0) is 23.2. The third kappa shape index (κ3) is 5.66. The summed E-state index contributed by atoms with van der Waals surface area (Å²) in [6, 6.07) is 34.0. The molecule has 0 unspecified atom stereocenters. The predicted octanol–water partition coefficient (Wildman–Crippen LogP) is 7.09. The maximum absolute atomic E-state index is 9.29. The fourth-order valence-corrected chi connectivity index (χ4v) is 3.03. The molecule has 0 aliphatic heterocycles. The van der Waals surface area contributed by atoms with Gasteiger partial charge in [-0.2, -0.15) is 0 Å². The van der Waals surface area contributed by atoms with Crippen molar-refractivity contribution in [2.24, 2.45) is 0 Å². The summed E-state index contributed by atoms with van der Waals surface area (Å²) < 4.78 is 29.7. The first kappa shape index (κ1) is 15.3. The molecule has 4 aromatic rings. The van der Waals surface area contributed by atoms with Gasteiger partial charge in [0.05, 0.1) is 9.30 Å². The Morgan fingerprint density at radius 3 is 1.46 bits per heavy atom. The predicted molar refractivity (Wildman–Crippen MR) is 122 cm³/mol. The van der Waals surface area contributed by atoms with Gasteiger partial charge in [-0.05, 0) is 39.4 Å². The van der Waals surface area contributed by atoms with Gasteiger partial charge in [-0.1, -0.05) is 119 Å². The monoisotopic (exact) mass is 434 g/mol. The smallest absolute Gasteiger partial charge is 0.0682 e. The highest BCUT2D eigenvalue weighted by Gasteiger charge is 1.97. The molecule has 1 nitrogen and oxygen atoms in total. The van der Waals surface area contributed by atoms with Gasteiger partial charge in [0.15, 0.2) is 0 Å². The molecule has 4 aromatic carbocycles. The molecule has 0 atom stereocenters. The second kappa shape index (κ2) is 10.6. The van der Waals surface area contributed by atoms with Crippen molar-refractivity contribution in [2.75, 3.05) is 0 Å². The molecule has 0 aromatic heterocycles. The second-order valence-electron chi connectivity index (χ2n) is 6.10. The lowest BCUT2D eigenvalue weighted by atomic mass is 10.0. The van der Waals surface area contributed by atoms with E-state index in [0.717, 1.165) is 22.3 Å². The van der Waals surface area contributed by atoms with E-state index < -0.39 is 11.8 Å². The Hall–Kier alpha value is -2.68. The Bertz CT molecular complexity index is 1040. The van der Waals surface area contributed by atoms with Gasteiger partial charge < -0.3 is 5.11 Å². The number of benzene rings is 4. The number of halogens is 1. The Labute approximate surface area is 181 Å². The van der Waals surface area contributed by atoms with E-state index in [1.165, 1.54) is 0 Å². The van der Waals surface area contributed by atoms with E-state index in [1.807, 2.05) is 84.9 Å². The van der Waals surface area contributed by atoms with Gasteiger partial charge in [-0.15, -0.1) is 0 Å². The van der Waals surface area contributed by atoms with Crippen LogP contribution in [-0.2, 0) is 11.8 Å². The Morgan fingerprint density at radius 1 is 0.571 bits per heavy atom. The van der Waals surface area contributed by atoms with Crippen molar-refractivity contribution in [3.05, 3.63) is 120 Å². The summed E-state index contributed by atoms with van der Waals surface area (Å²) in [6.07, 6.45) is 0. The first-order valence-electron chi connectivity index (χ1n) is 10.9. The maximum atomic E-state index is 9.29. The molecule has 0 aliphatic rings. The molecule has 0 saturated heterocycles. The third-order valence-corrected chi connectivity index (χ3v) is 4.64. The van der Waals surface area contributed by atoms with E-state index in [2.05, 4.69) is 15.9 Å². The fourth-order valence-electron chi connectivity index (χ4n) is 2.79. The van der Waals surface area contributed by atoms with E-state index >= 15 is 0 Å². The van der Waals surface area contributed by atoms with Crippen molar-refractivity contribution in [1.82, 2.24) is 0 Å². The molecule has 0 fully saturated rings. The molecule has 0 aliphatic carbocycles. The number of alkyl halides is 1. The summed E-state index contributed by atoms with van der Waals surface area (Å²) in [5, 5.41) is 7.82. The topological polar surface area (TPSA) is 20.2 Å². The third-order valence-electron chi connectivity index (χ3n) is 4.18. The van der Waals surface area contributed by atoms with Crippen LogP contribution >= 0.6 is 15.9 Å². The SMILES string of the molecule is [2H]C([2H])(Br)c1cccc(-c2ccccc2)c1.[2H]C([2H])(O)c1cccc(-c2ccccc2)c1. The number of rotatable bonds is 4. The van der Waals surface area contributed by atoms with Crippen LogP contribution in [0.2, 0.25) is 0 Å². The normalized spacial score (nSPS) is 13.2. The van der Waals surface area contributed by atoms with Crippen molar-refractivity contribution >= 4 is 15.9 Å². The highest BCUT2D eigenvalue weighted by molar-refractivity contribution is 9.08. The van der Waals surface area contributed by atoms with E-state index in [9.17, 15) is 5.11 Å². The van der Waals surface area contributed by atoms with Crippen LogP contribution in [0.15, 0.2) is 109 Å². The lowest BCUT2D eigenvalue weighted by molar-refractivity contribution is 0.282. The number of hydrogen-bond donors (Lipinski definition) is 1. The van der Waals surface area contributed by atoms with Crippen LogP contribution < -0.4 is 0 Å². The average Bonchev–Trinajstić information content (AvgIpc) is 2.80. The Morgan fingerprint density at radius 2 is 1.00 bits per heavy atom. The zero-order valence-corrected chi connectivity index (χ0v) is 16.8. The Balaban J connectivity index is 0.000000181. The van der Waals surface area contributed by atoms with Crippen molar-refractivity contribution in [1.29, 1.82) is 0 Å². The van der Waals surface area contributed by atoms with E-state index in [0.29, 0.717) is 5.56 Å². The van der Waals surface area contributed by atoms with Crippen LogP contribution in [0.3, 0.4) is 0 Å². The van der Waals surface area contributed by atoms with E-state index in [-0.39, 0.29) is 5.56 Å². The van der Waals surface area contributed by atoms with E-state index in [4.69, 9.17) is 5.48 Å². The van der Waals surface area contributed by atoms with Crippen LogP contribution in [-0.4, -0.2) is 5.11 Å². The van der Waals surface area contributed by atoms with Crippen LogP contribution in [0, 0.1) is 0 Å². The van der Waals surface area contributed by atoms with Crippen LogP contribution in [0.5, 0.6) is 0 Å². The summed E-state index contributed by atoms with van der Waals surface area (Å²) in [6.45, 7) is -2.29. The van der Waals surface area contributed by atoms with Crippen LogP contribution in [0.4, 0.5) is 0 Å². The summed E-state index contributed by atoms with van der Waals surface area (Å²) in [5.41, 5.74) is 4.94. The second-order valence-corrected chi connectivity index (χ2v) is 6.50. The number of hydrogen-bond acceptors (Lipinski definition) is 1. The lowest BCUT2D eigenvalue weighted by Gasteiger charge is -2.02. The zero-order valence-electron chi connectivity index (χ0n) is 19.2. The minimum atomic E-state index is -2.29. The molecule has 140 valence electrons. The first-order chi connectivity index (χ1) is 15.1. The summed E-state index contributed by atoms with van der Waals surface area (Å²) >= 11 is 3.03. The van der Waals surface area contributed by atoms with Crippen LogP contribution in [0.1, 0.15) is 16.6 Å². The van der Waals surface area contributed by atoms with Gasteiger partial charge in [0.2, 0.25) is 0 Å². The summed E-state index contributed by atoms with van der Waals surface area (Å²) in [5.74, 6) is 0. The maximum Gasteiger partial charge on any atom is 0.0682 e. The van der Waals surface area contributed by atoms with E-state index in [1.54, 1.807) is 24.3 Å². The molecular weight excluding hydrogens is 408 g/mol. The van der Waals surface area contributed by atoms with Crippen molar-refractivity contribution < 1.29 is 10.6 Å². The van der Waals surface area contributed by atoms with Crippen LogP contribution in [0.25, 0.3) is 22.3 Å². The first-order valence-corrected chi connectivity index (χ1v) is 9.67. The molecule has 1 N–H and O–H groups in total. The van der Waals surface area contributed by atoms with Crippen molar-refractivity contribution in [3.63, 3.8) is 0 Å². The standard InChI is InChI=1S/C13H11Br.C13H12O/c2*14-10-11-5-4-8-13(9-11)12-6-2-1-3-7-12/h1-9H,10H2;1-9,14H,10H2/i2*10D2. The molecule has 2 heteroatoms. The largest absolute Gasteiger partial charge is 0.392 e. The van der Waals surface area contributed by atoms with Crippen molar-refractivity contribution in [2.45, 2.75) is 11.8 Å². The summed E-state index contributed by atoms with van der Waals surface area (Å²) in [4.78, 5) is 0. The van der Waals surface area contributed by atoms with Crippen molar-refractivity contribution in [3.8, 4) is 22.3 Å². The minimum Gasteiger partial charge on any atom is -0.392 e. The quantitative estimate of drug-likeness (QED) is 0.339. The van der Waals surface area contributed by atoms with Gasteiger partial charge in [0.25, 0.3) is 0 Å². The summed E-state index contributed by atoms with van der Waals surface area (Å²) in [7, 11) is 0. The molecule has 4 rings (SSSR count). The average molecular weight is 435 g/mol. The molecule has 0 spiro atoms. The van der Waals surface area contributed by atoms with Gasteiger partial charge >= 0.3 is 0 Å². The molecule has 28 heavy (non-hydrogen) atoms. The lowest BCUT2D eigenvalue weighted by Crippen LogP contribution is -1.83. The molecule has 0 amide bonds. The van der Waals surface area contributed by atoms with Gasteiger partial charge in [0.1, 0.15) is 0 Å². The molecule has 0 saturated carbocycles. The number of aliphatic hydroxyl groups is 1. The fraction of sp³-hybridized carbons (Fsp3) is 0.0769. The van der Waals surface area contributed by atoms with Gasteiger partial charge in [-0.25, -0.2) is 0 Å². The minimum absolute atomic E-state index is 0.272. The highest BCUT2D eigenvalue weighted by atomic mass is 79.9.